The summed E-state index contributed by atoms with van der Waals surface area (Å²) >= 11 is 0. The molecule has 1 unspecified atom stereocenters. The van der Waals surface area contributed by atoms with Crippen molar-refractivity contribution in [3.8, 4) is 0 Å². The lowest BCUT2D eigenvalue weighted by Gasteiger charge is -2.23. The molecule has 4 nitrogen and oxygen atoms in total. The first-order valence-electron chi connectivity index (χ1n) is 5.65. The Morgan fingerprint density at radius 3 is 2.73 bits per heavy atom. The fourth-order valence-corrected chi connectivity index (χ4v) is 2.19. The topological polar surface area (TPSA) is 49.8 Å². The van der Waals surface area contributed by atoms with Gasteiger partial charge in [0.1, 0.15) is 0 Å². The fourth-order valence-electron chi connectivity index (χ4n) is 2.19. The zero-order chi connectivity index (χ0) is 11.4. The van der Waals surface area contributed by atoms with Gasteiger partial charge < -0.3 is 9.84 Å². The first kappa shape index (κ1) is 12.5. The molecular formula is C11H21NO3. The number of esters is 1. The zero-order valence-electron chi connectivity index (χ0n) is 9.77. The number of aliphatic hydroxyl groups excluding tert-OH is 1. The van der Waals surface area contributed by atoms with Crippen LogP contribution in [0.1, 0.15) is 26.7 Å². The van der Waals surface area contributed by atoms with Crippen LogP contribution in [-0.2, 0) is 9.53 Å². The van der Waals surface area contributed by atoms with E-state index in [-0.39, 0.29) is 6.04 Å². The summed E-state index contributed by atoms with van der Waals surface area (Å²) in [6.07, 6.45) is 0.982. The Hall–Kier alpha value is -0.610. The average Bonchev–Trinajstić information content (AvgIpc) is 2.59. The van der Waals surface area contributed by atoms with Crippen LogP contribution in [0.2, 0.25) is 0 Å². The highest BCUT2D eigenvalue weighted by Crippen LogP contribution is 2.26. The molecule has 3 atom stereocenters. The van der Waals surface area contributed by atoms with E-state index in [2.05, 4.69) is 11.8 Å². The lowest BCUT2D eigenvalue weighted by molar-refractivity contribution is -0.156. The molecule has 15 heavy (non-hydrogen) atoms. The molecule has 0 saturated carbocycles. The molecule has 0 aromatic carbocycles. The van der Waals surface area contributed by atoms with Gasteiger partial charge in [0, 0.05) is 12.6 Å². The van der Waals surface area contributed by atoms with Crippen molar-refractivity contribution in [3.05, 3.63) is 0 Å². The summed E-state index contributed by atoms with van der Waals surface area (Å²) in [5, 5.41) is 9.82. The maximum Gasteiger partial charge on any atom is 0.336 e. The number of rotatable bonds is 4. The number of hydrogen-bond donors (Lipinski definition) is 1. The molecule has 4 heteroatoms. The molecule has 0 spiro atoms. The minimum Gasteiger partial charge on any atom is -0.464 e. The molecule has 0 amide bonds. The van der Waals surface area contributed by atoms with E-state index in [4.69, 9.17) is 4.74 Å². The smallest absolute Gasteiger partial charge is 0.336 e. The number of carbonyl (C=O) groups excluding carboxylic acids is 1. The van der Waals surface area contributed by atoms with Gasteiger partial charge in [0.25, 0.3) is 0 Å². The molecule has 1 fully saturated rings. The highest BCUT2D eigenvalue weighted by Gasteiger charge is 2.37. The van der Waals surface area contributed by atoms with Crippen molar-refractivity contribution < 1.29 is 14.6 Å². The monoisotopic (exact) mass is 215 g/mol. The average molecular weight is 215 g/mol. The van der Waals surface area contributed by atoms with Gasteiger partial charge in [0.05, 0.1) is 6.61 Å². The van der Waals surface area contributed by atoms with Gasteiger partial charge in [-0.1, -0.05) is 13.3 Å². The molecule has 0 aromatic heterocycles. The number of hydrogen-bond acceptors (Lipinski definition) is 4. The quantitative estimate of drug-likeness (QED) is 0.699. The van der Waals surface area contributed by atoms with Gasteiger partial charge in [-0.05, 0) is 26.3 Å². The molecule has 1 saturated heterocycles. The van der Waals surface area contributed by atoms with Crippen LogP contribution in [0.4, 0.5) is 0 Å². The van der Waals surface area contributed by atoms with Crippen molar-refractivity contribution >= 4 is 5.97 Å². The summed E-state index contributed by atoms with van der Waals surface area (Å²) in [6.45, 7) is 5.16. The maximum absolute atomic E-state index is 11.4. The predicted molar refractivity (Wildman–Crippen MR) is 57.5 cm³/mol. The number of aliphatic hydroxyl groups is 1. The molecule has 0 bridgehead atoms. The van der Waals surface area contributed by atoms with Crippen LogP contribution < -0.4 is 0 Å². The number of ether oxygens (including phenoxy) is 1. The number of nitrogens with zero attached hydrogens (tertiary/aromatic N) is 1. The number of likely N-dealkylation sites (N-methyl/N-ethyl adjacent to an activating group) is 1. The first-order valence-corrected chi connectivity index (χ1v) is 5.65. The van der Waals surface area contributed by atoms with E-state index in [9.17, 15) is 9.90 Å². The summed E-state index contributed by atoms with van der Waals surface area (Å²) in [7, 11) is 1.95. The lowest BCUT2D eigenvalue weighted by atomic mass is 10.00. The summed E-state index contributed by atoms with van der Waals surface area (Å²) in [5.74, 6) is 0.0928. The van der Waals surface area contributed by atoms with Gasteiger partial charge in [-0.2, -0.15) is 0 Å². The van der Waals surface area contributed by atoms with Crippen LogP contribution >= 0.6 is 0 Å². The highest BCUT2D eigenvalue weighted by atomic mass is 16.5. The molecule has 1 N–H and O–H groups in total. The van der Waals surface area contributed by atoms with Crippen LogP contribution in [0.5, 0.6) is 0 Å². The summed E-state index contributed by atoms with van der Waals surface area (Å²) in [5.41, 5.74) is 0. The Labute approximate surface area is 91.2 Å². The van der Waals surface area contributed by atoms with Gasteiger partial charge in [0.15, 0.2) is 6.10 Å². The van der Waals surface area contributed by atoms with Gasteiger partial charge in [-0.15, -0.1) is 0 Å². The first-order chi connectivity index (χ1) is 7.10. The van der Waals surface area contributed by atoms with E-state index < -0.39 is 12.1 Å². The molecule has 0 aliphatic carbocycles. The standard InChI is InChI=1S/C11H21NO3/c1-4-8-6-9(12(3)7-8)10(13)11(14)15-5-2/h8-10,13H,4-7H2,1-3H3/t8-,9-,10?/m0/s1. The van der Waals surface area contributed by atoms with E-state index in [0.717, 1.165) is 19.4 Å². The zero-order valence-corrected chi connectivity index (χ0v) is 9.77. The molecule has 1 rings (SSSR count). The fraction of sp³-hybridized carbons (Fsp3) is 0.909. The second-order valence-corrected chi connectivity index (χ2v) is 4.21. The Morgan fingerprint density at radius 1 is 1.60 bits per heavy atom. The van der Waals surface area contributed by atoms with Crippen molar-refractivity contribution in [2.24, 2.45) is 5.92 Å². The van der Waals surface area contributed by atoms with Crippen molar-refractivity contribution in [2.45, 2.75) is 38.8 Å². The normalized spacial score (nSPS) is 29.1. The summed E-state index contributed by atoms with van der Waals surface area (Å²) in [4.78, 5) is 13.4. The number of carbonyl (C=O) groups is 1. The second-order valence-electron chi connectivity index (χ2n) is 4.21. The minimum atomic E-state index is -0.994. The lowest BCUT2D eigenvalue weighted by Crippen LogP contribution is -2.42. The van der Waals surface area contributed by atoms with Crippen LogP contribution in [-0.4, -0.2) is 48.3 Å². The third-order valence-corrected chi connectivity index (χ3v) is 3.16. The van der Waals surface area contributed by atoms with Crippen molar-refractivity contribution in [2.75, 3.05) is 20.2 Å². The second kappa shape index (κ2) is 5.47. The van der Waals surface area contributed by atoms with Gasteiger partial charge in [-0.3, -0.25) is 4.90 Å². The molecular weight excluding hydrogens is 194 g/mol. The number of likely N-dealkylation sites (tertiary alicyclic amines) is 1. The molecule has 0 aromatic rings. The Morgan fingerprint density at radius 2 is 2.27 bits per heavy atom. The third-order valence-electron chi connectivity index (χ3n) is 3.16. The molecule has 88 valence electrons. The predicted octanol–water partition coefficient (Wildman–Crippen LogP) is 0.641. The van der Waals surface area contributed by atoms with Crippen LogP contribution in [0, 0.1) is 5.92 Å². The van der Waals surface area contributed by atoms with Crippen LogP contribution in [0.25, 0.3) is 0 Å². The SMILES string of the molecule is CCOC(=O)C(O)[C@@H]1C[C@H](CC)CN1C. The molecule has 1 aliphatic rings. The Balaban J connectivity index is 2.52. The minimum absolute atomic E-state index is 0.0750. The maximum atomic E-state index is 11.4. The molecule has 0 radical (unpaired) electrons. The van der Waals surface area contributed by atoms with E-state index in [0.29, 0.717) is 12.5 Å². The summed E-state index contributed by atoms with van der Waals surface area (Å²) < 4.78 is 4.82. The third kappa shape index (κ3) is 2.92. The van der Waals surface area contributed by atoms with Crippen molar-refractivity contribution in [3.63, 3.8) is 0 Å². The van der Waals surface area contributed by atoms with Crippen LogP contribution in [0.3, 0.4) is 0 Å². The molecule has 1 aliphatic heterocycles. The van der Waals surface area contributed by atoms with Crippen molar-refractivity contribution in [1.29, 1.82) is 0 Å². The van der Waals surface area contributed by atoms with E-state index >= 15 is 0 Å². The largest absolute Gasteiger partial charge is 0.464 e. The Bertz CT molecular complexity index is 220. The van der Waals surface area contributed by atoms with E-state index in [1.54, 1.807) is 6.92 Å². The summed E-state index contributed by atoms with van der Waals surface area (Å²) in [6, 6.07) is -0.0750. The van der Waals surface area contributed by atoms with E-state index in [1.165, 1.54) is 0 Å². The van der Waals surface area contributed by atoms with Gasteiger partial charge in [-0.25, -0.2) is 4.79 Å². The van der Waals surface area contributed by atoms with E-state index in [1.807, 2.05) is 7.05 Å². The van der Waals surface area contributed by atoms with Crippen LogP contribution in [0.15, 0.2) is 0 Å². The van der Waals surface area contributed by atoms with Gasteiger partial charge >= 0.3 is 5.97 Å². The Kier molecular flexibility index (Phi) is 4.54. The van der Waals surface area contributed by atoms with Gasteiger partial charge in [0.2, 0.25) is 0 Å². The van der Waals surface area contributed by atoms with Crippen molar-refractivity contribution in [1.82, 2.24) is 4.90 Å². The highest BCUT2D eigenvalue weighted by molar-refractivity contribution is 5.75. The molecule has 1 heterocycles.